The Morgan fingerprint density at radius 3 is 2.57 bits per heavy atom. The lowest BCUT2D eigenvalue weighted by Crippen LogP contribution is -2.44. The van der Waals surface area contributed by atoms with Crippen LogP contribution in [0.1, 0.15) is 42.9 Å². The molecule has 0 heterocycles. The summed E-state index contributed by atoms with van der Waals surface area (Å²) in [6.07, 6.45) is 6.27. The summed E-state index contributed by atoms with van der Waals surface area (Å²) in [5.41, 5.74) is 2.56. The van der Waals surface area contributed by atoms with Gasteiger partial charge in [0.05, 0.1) is 18.8 Å². The van der Waals surface area contributed by atoms with E-state index < -0.39 is 10.0 Å². The molecule has 1 saturated carbocycles. The molecule has 0 aliphatic heterocycles. The molecular weight excluding hydrogens is 312 g/mol. The minimum atomic E-state index is -3.34. The molecule has 2 aliphatic rings. The van der Waals surface area contributed by atoms with Crippen LogP contribution in [0.15, 0.2) is 24.3 Å². The third-order valence-electron chi connectivity index (χ3n) is 4.83. The third kappa shape index (κ3) is 3.58. The lowest BCUT2D eigenvalue weighted by Gasteiger charge is -2.37. The van der Waals surface area contributed by atoms with Crippen molar-refractivity contribution in [2.75, 3.05) is 19.8 Å². The van der Waals surface area contributed by atoms with Crippen LogP contribution in [-0.4, -0.2) is 49.4 Å². The highest BCUT2D eigenvalue weighted by molar-refractivity contribution is 7.88. The zero-order valence-electron chi connectivity index (χ0n) is 13.7. The van der Waals surface area contributed by atoms with Crippen molar-refractivity contribution in [3.05, 3.63) is 35.4 Å². The monoisotopic (exact) mass is 336 g/mol. The van der Waals surface area contributed by atoms with Crippen LogP contribution in [0.3, 0.4) is 0 Å². The molecule has 0 bridgehead atoms. The van der Waals surface area contributed by atoms with Gasteiger partial charge in [0.1, 0.15) is 0 Å². The van der Waals surface area contributed by atoms with Gasteiger partial charge in [-0.15, -0.1) is 0 Å². The average Bonchev–Trinajstić information content (AvgIpc) is 3.31. The lowest BCUT2D eigenvalue weighted by molar-refractivity contribution is -0.134. The zero-order chi connectivity index (χ0) is 16.6. The quantitative estimate of drug-likeness (QED) is 0.826. The SMILES string of the molecule is CN(CC(=O)N(C1CC1)[C@H]1CCCc2ccccc21)S(C)(=O)=O. The number of nitrogens with zero attached hydrogens (tertiary/aromatic N) is 2. The Hall–Kier alpha value is -1.40. The fourth-order valence-electron chi connectivity index (χ4n) is 3.39. The fraction of sp³-hybridized carbons (Fsp3) is 0.588. The minimum Gasteiger partial charge on any atom is -0.332 e. The van der Waals surface area contributed by atoms with Gasteiger partial charge < -0.3 is 4.90 Å². The molecule has 0 spiro atoms. The molecular formula is C17H24N2O3S. The van der Waals surface area contributed by atoms with Crippen LogP contribution in [0.5, 0.6) is 0 Å². The van der Waals surface area contributed by atoms with Crippen molar-refractivity contribution in [3.8, 4) is 0 Å². The molecule has 6 heteroatoms. The Balaban J connectivity index is 1.84. The second kappa shape index (κ2) is 6.24. The van der Waals surface area contributed by atoms with E-state index in [0.717, 1.165) is 42.7 Å². The molecule has 0 unspecified atom stereocenters. The summed E-state index contributed by atoms with van der Waals surface area (Å²) in [4.78, 5) is 14.8. The van der Waals surface area contributed by atoms with Gasteiger partial charge in [-0.25, -0.2) is 8.42 Å². The van der Waals surface area contributed by atoms with Crippen LogP contribution >= 0.6 is 0 Å². The number of fused-ring (bicyclic) bond motifs is 1. The predicted octanol–water partition coefficient (Wildman–Crippen LogP) is 1.95. The third-order valence-corrected chi connectivity index (χ3v) is 6.09. The molecule has 0 N–H and O–H groups in total. The topological polar surface area (TPSA) is 57.7 Å². The number of amides is 1. The Kier molecular flexibility index (Phi) is 4.47. The molecule has 1 aromatic carbocycles. The van der Waals surface area contributed by atoms with Gasteiger partial charge in [-0.1, -0.05) is 24.3 Å². The van der Waals surface area contributed by atoms with E-state index in [4.69, 9.17) is 0 Å². The van der Waals surface area contributed by atoms with Crippen LogP contribution in [-0.2, 0) is 21.2 Å². The fourth-order valence-corrected chi connectivity index (χ4v) is 3.74. The first-order valence-electron chi connectivity index (χ1n) is 8.18. The minimum absolute atomic E-state index is 0.0754. The normalized spacial score (nSPS) is 21.1. The van der Waals surface area contributed by atoms with E-state index in [1.54, 1.807) is 0 Å². The van der Waals surface area contributed by atoms with Crippen molar-refractivity contribution in [2.24, 2.45) is 0 Å². The first kappa shape index (κ1) is 16.5. The van der Waals surface area contributed by atoms with Gasteiger partial charge in [0.2, 0.25) is 15.9 Å². The van der Waals surface area contributed by atoms with Crippen LogP contribution in [0.25, 0.3) is 0 Å². The highest BCUT2D eigenvalue weighted by Gasteiger charge is 2.39. The summed E-state index contributed by atoms with van der Waals surface area (Å²) in [5, 5.41) is 0. The molecule has 23 heavy (non-hydrogen) atoms. The van der Waals surface area contributed by atoms with E-state index in [0.29, 0.717) is 0 Å². The maximum atomic E-state index is 12.8. The Bertz CT molecular complexity index is 698. The largest absolute Gasteiger partial charge is 0.332 e. The van der Waals surface area contributed by atoms with Crippen molar-refractivity contribution < 1.29 is 13.2 Å². The number of likely N-dealkylation sites (N-methyl/N-ethyl adjacent to an activating group) is 1. The van der Waals surface area contributed by atoms with E-state index in [2.05, 4.69) is 12.1 Å². The Morgan fingerprint density at radius 1 is 1.22 bits per heavy atom. The van der Waals surface area contributed by atoms with Crippen molar-refractivity contribution >= 4 is 15.9 Å². The van der Waals surface area contributed by atoms with Crippen molar-refractivity contribution in [1.82, 2.24) is 9.21 Å². The molecule has 3 rings (SSSR count). The van der Waals surface area contributed by atoms with Crippen molar-refractivity contribution in [1.29, 1.82) is 0 Å². The maximum Gasteiger partial charge on any atom is 0.238 e. The Morgan fingerprint density at radius 2 is 1.91 bits per heavy atom. The van der Waals surface area contributed by atoms with Gasteiger partial charge in [-0.2, -0.15) is 4.31 Å². The van der Waals surface area contributed by atoms with Gasteiger partial charge >= 0.3 is 0 Å². The first-order valence-corrected chi connectivity index (χ1v) is 10.0. The van der Waals surface area contributed by atoms with E-state index in [1.165, 1.54) is 18.2 Å². The van der Waals surface area contributed by atoms with Crippen molar-refractivity contribution in [2.45, 2.75) is 44.2 Å². The zero-order valence-corrected chi connectivity index (χ0v) is 14.6. The van der Waals surface area contributed by atoms with Crippen molar-refractivity contribution in [3.63, 3.8) is 0 Å². The van der Waals surface area contributed by atoms with Crippen LogP contribution in [0.2, 0.25) is 0 Å². The summed E-state index contributed by atoms with van der Waals surface area (Å²) in [6.45, 7) is -0.0754. The summed E-state index contributed by atoms with van der Waals surface area (Å²) in [6, 6.07) is 8.68. The molecule has 2 aliphatic carbocycles. The number of rotatable bonds is 5. The summed E-state index contributed by atoms with van der Waals surface area (Å²) in [5.74, 6) is -0.0814. The van der Waals surface area contributed by atoms with Gasteiger partial charge in [0.25, 0.3) is 0 Å². The predicted molar refractivity (Wildman–Crippen MR) is 89.5 cm³/mol. The summed E-state index contributed by atoms with van der Waals surface area (Å²) >= 11 is 0. The van der Waals surface area contributed by atoms with E-state index >= 15 is 0 Å². The summed E-state index contributed by atoms with van der Waals surface area (Å²) < 4.78 is 24.3. The number of sulfonamides is 1. The van der Waals surface area contributed by atoms with Crippen LogP contribution < -0.4 is 0 Å². The number of hydrogen-bond acceptors (Lipinski definition) is 3. The van der Waals surface area contributed by atoms with Crippen LogP contribution in [0.4, 0.5) is 0 Å². The molecule has 0 saturated heterocycles. The van der Waals surface area contributed by atoms with Gasteiger partial charge in [-0.05, 0) is 43.2 Å². The molecule has 0 radical (unpaired) electrons. The highest BCUT2D eigenvalue weighted by Crippen LogP contribution is 2.40. The number of carbonyl (C=O) groups excluding carboxylic acids is 1. The molecule has 1 aromatic rings. The molecule has 1 fully saturated rings. The molecule has 126 valence electrons. The average molecular weight is 336 g/mol. The molecule has 5 nitrogen and oxygen atoms in total. The van der Waals surface area contributed by atoms with E-state index in [9.17, 15) is 13.2 Å². The Labute approximate surface area is 138 Å². The van der Waals surface area contributed by atoms with E-state index in [1.807, 2.05) is 17.0 Å². The first-order chi connectivity index (χ1) is 10.9. The number of benzene rings is 1. The second-order valence-corrected chi connectivity index (χ2v) is 8.75. The van der Waals surface area contributed by atoms with E-state index in [-0.39, 0.29) is 24.5 Å². The van der Waals surface area contributed by atoms with Gasteiger partial charge in [0.15, 0.2) is 0 Å². The van der Waals surface area contributed by atoms with Gasteiger partial charge in [-0.3, -0.25) is 4.79 Å². The number of carbonyl (C=O) groups is 1. The summed E-state index contributed by atoms with van der Waals surface area (Å²) in [7, 11) is -1.88. The second-order valence-electron chi connectivity index (χ2n) is 6.66. The molecule has 0 aromatic heterocycles. The van der Waals surface area contributed by atoms with Crippen LogP contribution in [0, 0.1) is 0 Å². The molecule has 1 amide bonds. The standard InChI is InChI=1S/C17H24N2O3S/c1-18(23(2,21)22)12-17(20)19(14-10-11-14)16-9-5-7-13-6-3-4-8-15(13)16/h3-4,6,8,14,16H,5,7,9-12H2,1-2H3/t16-/m0/s1. The number of hydrogen-bond donors (Lipinski definition) is 0. The maximum absolute atomic E-state index is 12.8. The lowest BCUT2D eigenvalue weighted by atomic mass is 9.86. The number of aryl methyl sites for hydroxylation is 1. The molecule has 1 atom stereocenters. The smallest absolute Gasteiger partial charge is 0.238 e. The highest BCUT2D eigenvalue weighted by atomic mass is 32.2. The van der Waals surface area contributed by atoms with Gasteiger partial charge in [0, 0.05) is 13.1 Å².